The van der Waals surface area contributed by atoms with Crippen LogP contribution in [0.15, 0.2) is 70.9 Å². The second-order valence-electron chi connectivity index (χ2n) is 8.25. The molecule has 0 bridgehead atoms. The topological polar surface area (TPSA) is 77.9 Å². The van der Waals surface area contributed by atoms with Crippen molar-refractivity contribution in [1.29, 1.82) is 0 Å². The predicted molar refractivity (Wildman–Crippen MR) is 129 cm³/mol. The first kappa shape index (κ1) is 21.9. The molecule has 6 nitrogen and oxygen atoms in total. The van der Waals surface area contributed by atoms with Crippen LogP contribution in [0.2, 0.25) is 0 Å². The maximum Gasteiger partial charge on any atom is 0.265 e. The van der Waals surface area contributed by atoms with Crippen molar-refractivity contribution in [3.63, 3.8) is 0 Å². The number of fused-ring (bicyclic) bond motifs is 1. The number of hydrogen-bond acceptors (Lipinski definition) is 5. The summed E-state index contributed by atoms with van der Waals surface area (Å²) in [6, 6.07) is 16.5. The second kappa shape index (κ2) is 8.78. The molecule has 1 N–H and O–H groups in total. The van der Waals surface area contributed by atoms with Crippen LogP contribution in [0.3, 0.4) is 0 Å². The van der Waals surface area contributed by atoms with Gasteiger partial charge in [0.05, 0.1) is 0 Å². The number of aromatic hydroxyl groups is 1. The van der Waals surface area contributed by atoms with Crippen LogP contribution in [0.1, 0.15) is 32.8 Å². The summed E-state index contributed by atoms with van der Waals surface area (Å²) in [5, 5.41) is 11.2. The summed E-state index contributed by atoms with van der Waals surface area (Å²) in [5.41, 5.74) is 4.32. The summed E-state index contributed by atoms with van der Waals surface area (Å²) in [7, 11) is -3.78. The van der Waals surface area contributed by atoms with Crippen molar-refractivity contribution in [3.8, 4) is 5.75 Å². The zero-order chi connectivity index (χ0) is 23.0. The summed E-state index contributed by atoms with van der Waals surface area (Å²) in [4.78, 5) is 15.4. The van der Waals surface area contributed by atoms with Gasteiger partial charge in [0, 0.05) is 26.2 Å². The highest BCUT2D eigenvalue weighted by Crippen LogP contribution is 2.31. The molecule has 0 saturated carbocycles. The Kier molecular flexibility index (Phi) is 5.82. The normalized spacial score (nSPS) is 16.8. The zero-order valence-electron chi connectivity index (χ0n) is 18.0. The van der Waals surface area contributed by atoms with Gasteiger partial charge in [-0.2, -0.15) is 4.31 Å². The van der Waals surface area contributed by atoms with Crippen molar-refractivity contribution in [2.75, 3.05) is 19.6 Å². The van der Waals surface area contributed by atoms with Gasteiger partial charge in [0.15, 0.2) is 0 Å². The lowest BCUT2D eigenvalue weighted by Gasteiger charge is -2.29. The molecule has 1 amide bonds. The van der Waals surface area contributed by atoms with Gasteiger partial charge in [-0.25, -0.2) is 8.42 Å². The lowest BCUT2D eigenvalue weighted by atomic mass is 9.99. The highest BCUT2D eigenvalue weighted by atomic mass is 32.2. The first-order valence-corrected chi connectivity index (χ1v) is 13.2. The number of thiophene rings is 1. The fraction of sp³-hybridized carbons (Fsp3) is 0.240. The van der Waals surface area contributed by atoms with Gasteiger partial charge in [0.1, 0.15) is 15.5 Å². The fourth-order valence-corrected chi connectivity index (χ4v) is 7.19. The van der Waals surface area contributed by atoms with Crippen LogP contribution in [0.5, 0.6) is 5.75 Å². The van der Waals surface area contributed by atoms with Gasteiger partial charge >= 0.3 is 0 Å². The van der Waals surface area contributed by atoms with Crippen molar-refractivity contribution in [2.24, 2.45) is 0 Å². The molecule has 170 valence electrons. The van der Waals surface area contributed by atoms with E-state index in [0.29, 0.717) is 39.0 Å². The van der Waals surface area contributed by atoms with E-state index in [4.69, 9.17) is 0 Å². The number of carbonyl (C=O) groups excluding carboxylic acids is 1. The van der Waals surface area contributed by atoms with E-state index < -0.39 is 10.0 Å². The molecular formula is C25H24N2O4S2. The molecule has 0 atom stereocenters. The van der Waals surface area contributed by atoms with Crippen LogP contribution >= 0.6 is 11.3 Å². The van der Waals surface area contributed by atoms with Crippen molar-refractivity contribution in [1.82, 2.24) is 9.21 Å². The number of rotatable bonds is 4. The molecule has 5 rings (SSSR count). The van der Waals surface area contributed by atoms with Crippen LogP contribution in [0, 0.1) is 0 Å². The number of sulfonamides is 1. The van der Waals surface area contributed by atoms with Gasteiger partial charge in [0.25, 0.3) is 5.91 Å². The monoisotopic (exact) mass is 480 g/mol. The molecule has 0 saturated heterocycles. The second-order valence-corrected chi connectivity index (χ2v) is 11.1. The van der Waals surface area contributed by atoms with Crippen LogP contribution in [0.25, 0.3) is 5.57 Å². The van der Waals surface area contributed by atoms with E-state index in [1.165, 1.54) is 21.2 Å². The number of hydrogen-bond donors (Lipinski definition) is 1. The van der Waals surface area contributed by atoms with Gasteiger partial charge in [-0.1, -0.05) is 42.5 Å². The quantitative estimate of drug-likeness (QED) is 0.609. The van der Waals surface area contributed by atoms with E-state index in [0.717, 1.165) is 16.7 Å². The summed E-state index contributed by atoms with van der Waals surface area (Å²) >= 11 is 1.18. The Hall–Kier alpha value is -2.94. The number of amides is 1. The number of carbonyl (C=O) groups is 1. The van der Waals surface area contributed by atoms with E-state index in [-0.39, 0.29) is 21.4 Å². The summed E-state index contributed by atoms with van der Waals surface area (Å²) in [6.07, 6.45) is 3.34. The zero-order valence-corrected chi connectivity index (χ0v) is 19.6. The first-order valence-electron chi connectivity index (χ1n) is 10.9. The maximum absolute atomic E-state index is 13.5. The van der Waals surface area contributed by atoms with Crippen LogP contribution in [-0.4, -0.2) is 48.3 Å². The summed E-state index contributed by atoms with van der Waals surface area (Å²) < 4.78 is 28.4. The minimum Gasteiger partial charge on any atom is -0.508 e. The van der Waals surface area contributed by atoms with Crippen LogP contribution < -0.4 is 0 Å². The van der Waals surface area contributed by atoms with E-state index in [1.807, 2.05) is 42.5 Å². The SMILES string of the molecule is O=C(c1sccc1S(=O)(=O)N1CCc2ccccc2C1)N1CC=C(c2ccc(O)cc2)CC1. The van der Waals surface area contributed by atoms with Gasteiger partial charge in [-0.05, 0) is 58.7 Å². The molecule has 0 spiro atoms. The van der Waals surface area contributed by atoms with Gasteiger partial charge < -0.3 is 10.0 Å². The largest absolute Gasteiger partial charge is 0.508 e. The number of phenolic OH excluding ortho intramolecular Hbond substituents is 1. The maximum atomic E-state index is 13.5. The van der Waals surface area contributed by atoms with Crippen LogP contribution in [0.4, 0.5) is 0 Å². The molecule has 0 radical (unpaired) electrons. The average molecular weight is 481 g/mol. The lowest BCUT2D eigenvalue weighted by Crippen LogP contribution is -2.38. The third kappa shape index (κ3) is 4.21. The Labute approximate surface area is 197 Å². The average Bonchev–Trinajstić information content (AvgIpc) is 3.35. The van der Waals surface area contributed by atoms with Crippen LogP contribution in [-0.2, 0) is 23.0 Å². The van der Waals surface area contributed by atoms with E-state index in [2.05, 4.69) is 0 Å². The third-order valence-corrected chi connectivity index (χ3v) is 9.19. The fourth-order valence-electron chi connectivity index (χ4n) is 4.41. The molecule has 3 aromatic rings. The molecule has 0 fully saturated rings. The highest BCUT2D eigenvalue weighted by Gasteiger charge is 2.34. The minimum atomic E-state index is -3.78. The van der Waals surface area contributed by atoms with Crippen molar-refractivity contribution >= 4 is 32.8 Å². The predicted octanol–water partition coefficient (Wildman–Crippen LogP) is 4.13. The Morgan fingerprint density at radius 2 is 1.70 bits per heavy atom. The molecule has 0 aliphatic carbocycles. The van der Waals surface area contributed by atoms with Crippen molar-refractivity contribution < 1.29 is 18.3 Å². The Morgan fingerprint density at radius 3 is 2.42 bits per heavy atom. The molecule has 2 aromatic carbocycles. The lowest BCUT2D eigenvalue weighted by molar-refractivity contribution is 0.0774. The number of phenols is 1. The van der Waals surface area contributed by atoms with Gasteiger partial charge in [0.2, 0.25) is 10.0 Å². The van der Waals surface area contributed by atoms with E-state index in [1.54, 1.807) is 28.5 Å². The van der Waals surface area contributed by atoms with Gasteiger partial charge in [-0.3, -0.25) is 4.79 Å². The number of benzene rings is 2. The highest BCUT2D eigenvalue weighted by molar-refractivity contribution is 7.89. The standard InChI is InChI=1S/C25H24N2O4S2/c28-22-7-5-19(6-8-22)20-9-13-26(14-10-20)25(29)24-23(12-16-32-24)33(30,31)27-15-11-18-3-1-2-4-21(18)17-27/h1-9,12,16,28H,10-11,13-15,17H2. The first-order chi connectivity index (χ1) is 15.9. The molecule has 0 unspecified atom stereocenters. The van der Waals surface area contributed by atoms with Crippen molar-refractivity contribution in [2.45, 2.75) is 24.3 Å². The third-order valence-electron chi connectivity index (χ3n) is 6.27. The molecule has 33 heavy (non-hydrogen) atoms. The molecule has 8 heteroatoms. The smallest absolute Gasteiger partial charge is 0.265 e. The molecule has 2 aliphatic heterocycles. The Morgan fingerprint density at radius 1 is 0.939 bits per heavy atom. The summed E-state index contributed by atoms with van der Waals surface area (Å²) in [6.45, 7) is 1.67. The van der Waals surface area contributed by atoms with E-state index >= 15 is 0 Å². The van der Waals surface area contributed by atoms with E-state index in [9.17, 15) is 18.3 Å². The number of nitrogens with zero attached hydrogens (tertiary/aromatic N) is 2. The Balaban J connectivity index is 1.34. The molecule has 1 aromatic heterocycles. The molecular weight excluding hydrogens is 456 g/mol. The minimum absolute atomic E-state index is 0.102. The summed E-state index contributed by atoms with van der Waals surface area (Å²) in [5.74, 6) is -0.0300. The molecule has 2 aliphatic rings. The van der Waals surface area contributed by atoms with Crippen molar-refractivity contribution in [3.05, 3.63) is 87.6 Å². The molecule has 3 heterocycles. The Bertz CT molecular complexity index is 1330. The van der Waals surface area contributed by atoms with Gasteiger partial charge in [-0.15, -0.1) is 11.3 Å².